The molecule has 2 aromatic rings. The maximum absolute atomic E-state index is 6.40. The van der Waals surface area contributed by atoms with Crippen LogP contribution in [0.25, 0.3) is 11.5 Å². The first-order valence-electron chi connectivity index (χ1n) is 6.56. The van der Waals surface area contributed by atoms with Crippen molar-refractivity contribution in [3.63, 3.8) is 0 Å². The van der Waals surface area contributed by atoms with E-state index in [0.29, 0.717) is 11.7 Å². The van der Waals surface area contributed by atoms with Crippen molar-refractivity contribution in [3.05, 3.63) is 34.6 Å². The van der Waals surface area contributed by atoms with Crippen molar-refractivity contribution in [2.75, 3.05) is 0 Å². The summed E-state index contributed by atoms with van der Waals surface area (Å²) in [6, 6.07) is 7.81. The van der Waals surface area contributed by atoms with Gasteiger partial charge >= 0.3 is 0 Å². The smallest absolute Gasteiger partial charge is 0.257 e. The minimum Gasteiger partial charge on any atom is -0.334 e. The van der Waals surface area contributed by atoms with Crippen LogP contribution in [-0.4, -0.2) is 10.1 Å². The van der Waals surface area contributed by atoms with E-state index in [1.165, 1.54) is 6.42 Å². The fraction of sp³-hybridized carbons (Fsp3) is 0.429. The highest BCUT2D eigenvalue weighted by Gasteiger charge is 2.34. The number of nitrogens with two attached hydrogens (primary N) is 1. The van der Waals surface area contributed by atoms with E-state index in [2.05, 4.69) is 26.1 Å². The Hall–Kier alpha value is -1.20. The summed E-state index contributed by atoms with van der Waals surface area (Å²) >= 11 is 3.41. The lowest BCUT2D eigenvalue weighted by Gasteiger charge is -2.29. The molecular weight excluding hydrogens is 306 g/mol. The number of hydrogen-bond donors (Lipinski definition) is 1. The van der Waals surface area contributed by atoms with Crippen LogP contribution in [0, 0.1) is 0 Å². The van der Waals surface area contributed by atoms with Crippen molar-refractivity contribution in [1.29, 1.82) is 0 Å². The number of rotatable bonds is 2. The fourth-order valence-corrected chi connectivity index (χ4v) is 2.81. The summed E-state index contributed by atoms with van der Waals surface area (Å²) < 4.78 is 6.38. The first kappa shape index (κ1) is 12.8. The van der Waals surface area contributed by atoms with Crippen LogP contribution in [0.15, 0.2) is 33.3 Å². The summed E-state index contributed by atoms with van der Waals surface area (Å²) in [6.45, 7) is 0. The number of hydrogen-bond acceptors (Lipinski definition) is 4. The molecule has 1 aromatic heterocycles. The maximum atomic E-state index is 6.40. The van der Waals surface area contributed by atoms with Gasteiger partial charge < -0.3 is 10.3 Å². The molecule has 0 spiro atoms. The zero-order chi connectivity index (χ0) is 13.3. The quantitative estimate of drug-likeness (QED) is 0.917. The van der Waals surface area contributed by atoms with Gasteiger partial charge in [-0.15, -0.1) is 0 Å². The molecule has 1 aliphatic rings. The molecule has 0 amide bonds. The van der Waals surface area contributed by atoms with Gasteiger partial charge in [0.2, 0.25) is 0 Å². The third kappa shape index (κ3) is 2.58. The molecule has 1 fully saturated rings. The molecule has 0 radical (unpaired) electrons. The van der Waals surface area contributed by atoms with Gasteiger partial charge in [-0.1, -0.05) is 40.3 Å². The van der Waals surface area contributed by atoms with Crippen LogP contribution < -0.4 is 5.73 Å². The first-order chi connectivity index (χ1) is 9.17. The van der Waals surface area contributed by atoms with Crippen LogP contribution in [0.1, 0.15) is 37.9 Å². The lowest BCUT2D eigenvalue weighted by atomic mass is 9.82. The molecule has 1 saturated carbocycles. The first-order valence-corrected chi connectivity index (χ1v) is 7.36. The molecule has 1 aromatic carbocycles. The second-order valence-electron chi connectivity index (χ2n) is 5.15. The molecule has 19 heavy (non-hydrogen) atoms. The van der Waals surface area contributed by atoms with E-state index in [4.69, 9.17) is 10.3 Å². The summed E-state index contributed by atoms with van der Waals surface area (Å²) in [5.41, 5.74) is 6.91. The van der Waals surface area contributed by atoms with E-state index in [-0.39, 0.29) is 0 Å². The topological polar surface area (TPSA) is 64.9 Å². The maximum Gasteiger partial charge on any atom is 0.257 e. The highest BCUT2D eigenvalue weighted by Crippen LogP contribution is 2.34. The second-order valence-corrected chi connectivity index (χ2v) is 6.06. The highest BCUT2D eigenvalue weighted by molar-refractivity contribution is 9.10. The molecule has 4 nitrogen and oxygen atoms in total. The van der Waals surface area contributed by atoms with E-state index >= 15 is 0 Å². The summed E-state index contributed by atoms with van der Waals surface area (Å²) in [5.74, 6) is 1.18. The second kappa shape index (κ2) is 5.06. The van der Waals surface area contributed by atoms with Gasteiger partial charge in [0.05, 0.1) is 5.54 Å². The summed E-state index contributed by atoms with van der Waals surface area (Å²) in [6.07, 6.45) is 5.40. The third-order valence-electron chi connectivity index (χ3n) is 3.71. The summed E-state index contributed by atoms with van der Waals surface area (Å²) in [7, 11) is 0. The molecule has 0 saturated heterocycles. The van der Waals surface area contributed by atoms with Crippen molar-refractivity contribution in [1.82, 2.24) is 10.1 Å². The summed E-state index contributed by atoms with van der Waals surface area (Å²) in [5, 5.41) is 4.09. The molecule has 1 heterocycles. The minimum atomic E-state index is -0.407. The average molecular weight is 322 g/mol. The molecule has 0 aliphatic heterocycles. The molecule has 5 heteroatoms. The van der Waals surface area contributed by atoms with Crippen molar-refractivity contribution in [2.45, 2.75) is 37.6 Å². The molecule has 0 bridgehead atoms. The van der Waals surface area contributed by atoms with Crippen LogP contribution in [0.3, 0.4) is 0 Å². The Morgan fingerprint density at radius 2 is 1.79 bits per heavy atom. The lowest BCUT2D eigenvalue weighted by Crippen LogP contribution is -2.39. The van der Waals surface area contributed by atoms with E-state index in [1.807, 2.05) is 24.3 Å². The van der Waals surface area contributed by atoms with Crippen molar-refractivity contribution in [2.24, 2.45) is 5.73 Å². The highest BCUT2D eigenvalue weighted by atomic mass is 79.9. The number of aromatic nitrogens is 2. The largest absolute Gasteiger partial charge is 0.334 e. The Kier molecular flexibility index (Phi) is 3.41. The standard InChI is InChI=1S/C14H16BrN3O/c15-11-6-4-10(5-7-11)12-17-13(18-19-12)14(16)8-2-1-3-9-14/h4-7H,1-3,8-9,16H2. The Balaban J connectivity index is 1.88. The van der Waals surface area contributed by atoms with Gasteiger partial charge in [-0.3, -0.25) is 0 Å². The number of halogens is 1. The van der Waals surface area contributed by atoms with Gasteiger partial charge in [-0.05, 0) is 37.1 Å². The van der Waals surface area contributed by atoms with E-state index in [0.717, 1.165) is 35.7 Å². The SMILES string of the molecule is NC1(c2noc(-c3ccc(Br)cc3)n2)CCCCC1. The van der Waals surface area contributed by atoms with E-state index < -0.39 is 5.54 Å². The van der Waals surface area contributed by atoms with Crippen LogP contribution >= 0.6 is 15.9 Å². The molecular formula is C14H16BrN3O. The van der Waals surface area contributed by atoms with Gasteiger partial charge in [0.1, 0.15) is 0 Å². The zero-order valence-electron chi connectivity index (χ0n) is 10.6. The van der Waals surface area contributed by atoms with E-state index in [9.17, 15) is 0 Å². The molecule has 0 unspecified atom stereocenters. The van der Waals surface area contributed by atoms with Crippen LogP contribution in [-0.2, 0) is 5.54 Å². The fourth-order valence-electron chi connectivity index (χ4n) is 2.54. The Morgan fingerprint density at radius 3 is 2.47 bits per heavy atom. The monoisotopic (exact) mass is 321 g/mol. The Labute approximate surface area is 120 Å². The van der Waals surface area contributed by atoms with Crippen LogP contribution in [0.5, 0.6) is 0 Å². The van der Waals surface area contributed by atoms with Gasteiger partial charge in [-0.25, -0.2) is 0 Å². The Morgan fingerprint density at radius 1 is 1.11 bits per heavy atom. The van der Waals surface area contributed by atoms with Gasteiger partial charge in [0.25, 0.3) is 5.89 Å². The van der Waals surface area contributed by atoms with E-state index in [1.54, 1.807) is 0 Å². The predicted molar refractivity (Wildman–Crippen MR) is 76.4 cm³/mol. The third-order valence-corrected chi connectivity index (χ3v) is 4.24. The van der Waals surface area contributed by atoms with Gasteiger partial charge in [0.15, 0.2) is 5.82 Å². The predicted octanol–water partition coefficient (Wildman–Crippen LogP) is 3.62. The molecule has 1 aliphatic carbocycles. The Bertz CT molecular complexity index is 558. The zero-order valence-corrected chi connectivity index (χ0v) is 12.2. The molecule has 2 N–H and O–H groups in total. The number of benzene rings is 1. The molecule has 100 valence electrons. The summed E-state index contributed by atoms with van der Waals surface area (Å²) in [4.78, 5) is 4.49. The minimum absolute atomic E-state index is 0.407. The molecule has 3 rings (SSSR count). The van der Waals surface area contributed by atoms with Crippen molar-refractivity contribution < 1.29 is 4.52 Å². The van der Waals surface area contributed by atoms with Gasteiger partial charge in [0, 0.05) is 10.0 Å². The molecule has 0 atom stereocenters. The van der Waals surface area contributed by atoms with Crippen molar-refractivity contribution in [3.8, 4) is 11.5 Å². The van der Waals surface area contributed by atoms with Gasteiger partial charge in [-0.2, -0.15) is 4.98 Å². The normalized spacial score (nSPS) is 18.4. The van der Waals surface area contributed by atoms with Crippen LogP contribution in [0.4, 0.5) is 0 Å². The number of nitrogens with zero attached hydrogens (tertiary/aromatic N) is 2. The van der Waals surface area contributed by atoms with Crippen LogP contribution in [0.2, 0.25) is 0 Å². The van der Waals surface area contributed by atoms with Crippen molar-refractivity contribution >= 4 is 15.9 Å². The lowest BCUT2D eigenvalue weighted by molar-refractivity contribution is 0.275. The average Bonchev–Trinajstić information content (AvgIpc) is 2.91.